The van der Waals surface area contributed by atoms with Crippen molar-refractivity contribution in [3.63, 3.8) is 0 Å². The number of fused-ring (bicyclic) bond motifs is 1. The van der Waals surface area contributed by atoms with Gasteiger partial charge in [-0.3, -0.25) is 19.7 Å². The molecule has 0 heterocycles. The monoisotopic (exact) mass is 499 g/mol. The molecule has 0 spiro atoms. The van der Waals surface area contributed by atoms with Gasteiger partial charge in [0.05, 0.1) is 17.6 Å². The third-order valence-electron chi connectivity index (χ3n) is 5.51. The molecule has 4 aromatic rings. The first-order chi connectivity index (χ1) is 17.8. The van der Waals surface area contributed by atoms with Crippen LogP contribution in [0.1, 0.15) is 20.7 Å². The average Bonchev–Trinajstić information content (AvgIpc) is 2.91. The zero-order chi connectivity index (χ0) is 26.5. The molecule has 0 bridgehead atoms. The highest BCUT2D eigenvalue weighted by molar-refractivity contribution is 6.12. The third kappa shape index (κ3) is 5.05. The molecule has 0 atom stereocenters. The fourth-order valence-corrected chi connectivity index (χ4v) is 3.68. The highest BCUT2D eigenvalue weighted by Gasteiger charge is 2.21. The quantitative estimate of drug-likeness (QED) is 0.173. The van der Waals surface area contributed by atoms with Crippen molar-refractivity contribution in [2.45, 2.75) is 0 Å². The summed E-state index contributed by atoms with van der Waals surface area (Å²) in [5.41, 5.74) is 0.0731. The molecule has 0 aromatic heterocycles. The van der Waals surface area contributed by atoms with Crippen molar-refractivity contribution in [1.29, 1.82) is 0 Å². The largest absolute Gasteiger partial charge is 0.505 e. The van der Waals surface area contributed by atoms with Crippen molar-refractivity contribution in [3.05, 3.63) is 94.0 Å². The van der Waals surface area contributed by atoms with Gasteiger partial charge in [-0.2, -0.15) is 0 Å². The van der Waals surface area contributed by atoms with Gasteiger partial charge in [0.1, 0.15) is 22.8 Å². The van der Waals surface area contributed by atoms with E-state index >= 15 is 0 Å². The summed E-state index contributed by atoms with van der Waals surface area (Å²) in [4.78, 5) is 35.9. The van der Waals surface area contributed by atoms with E-state index in [1.165, 1.54) is 44.5 Å². The second-order valence-electron chi connectivity index (χ2n) is 7.74. The first-order valence-corrected chi connectivity index (χ1v) is 11.0. The van der Waals surface area contributed by atoms with Gasteiger partial charge in [-0.1, -0.05) is 36.4 Å². The molecular formula is C26H21N5O6. The Labute approximate surface area is 210 Å². The SMILES string of the molecule is CNC(=O)c1ccc(OC)c(N=Nc2c(O)c(C(=O)Nc3ccccc3[N+](=O)[O-])cc3ccccc23)c1. The van der Waals surface area contributed by atoms with Gasteiger partial charge < -0.3 is 20.5 Å². The number of ether oxygens (including phenoxy) is 1. The molecule has 3 N–H and O–H groups in total. The van der Waals surface area contributed by atoms with Crippen LogP contribution >= 0.6 is 0 Å². The molecule has 186 valence electrons. The van der Waals surface area contributed by atoms with Crippen LogP contribution in [0.25, 0.3) is 10.8 Å². The van der Waals surface area contributed by atoms with E-state index < -0.39 is 16.6 Å². The Bertz CT molecular complexity index is 1570. The molecule has 37 heavy (non-hydrogen) atoms. The Balaban J connectivity index is 1.80. The number of phenols is 1. The fourth-order valence-electron chi connectivity index (χ4n) is 3.68. The first kappa shape index (κ1) is 24.8. The third-order valence-corrected chi connectivity index (χ3v) is 5.51. The zero-order valence-electron chi connectivity index (χ0n) is 19.8. The standard InChI is InChI=1S/C26H21N5O6/c1-27-25(33)16-11-12-22(37-2)20(14-16)29-30-23-17-8-4-3-7-15(17)13-18(24(23)32)26(34)28-19-9-5-6-10-21(19)31(35)36/h3-14,32H,1-2H3,(H,27,33)(H,28,34). The molecule has 0 saturated carbocycles. The van der Waals surface area contributed by atoms with E-state index in [0.717, 1.165) is 0 Å². The number of nitrogens with zero attached hydrogens (tertiary/aromatic N) is 3. The van der Waals surface area contributed by atoms with Crippen LogP contribution in [0.15, 0.2) is 83.0 Å². The summed E-state index contributed by atoms with van der Waals surface area (Å²) in [7, 11) is 2.94. The number of nitrogens with one attached hydrogen (secondary N) is 2. The number of nitro groups is 1. The van der Waals surface area contributed by atoms with E-state index in [9.17, 15) is 24.8 Å². The highest BCUT2D eigenvalue weighted by atomic mass is 16.6. The van der Waals surface area contributed by atoms with Gasteiger partial charge in [0.25, 0.3) is 17.5 Å². The van der Waals surface area contributed by atoms with Gasteiger partial charge in [0.2, 0.25) is 0 Å². The fraction of sp³-hybridized carbons (Fsp3) is 0.0769. The van der Waals surface area contributed by atoms with E-state index in [2.05, 4.69) is 20.9 Å². The molecule has 11 heteroatoms. The summed E-state index contributed by atoms with van der Waals surface area (Å²) in [6.45, 7) is 0. The number of nitro benzene ring substituents is 1. The lowest BCUT2D eigenvalue weighted by Crippen LogP contribution is -2.17. The number of para-hydroxylation sites is 2. The first-order valence-electron chi connectivity index (χ1n) is 11.0. The van der Waals surface area contributed by atoms with Crippen molar-refractivity contribution in [2.75, 3.05) is 19.5 Å². The molecule has 11 nitrogen and oxygen atoms in total. The number of benzene rings is 4. The van der Waals surface area contributed by atoms with E-state index in [1.807, 2.05) is 0 Å². The second-order valence-corrected chi connectivity index (χ2v) is 7.74. The highest BCUT2D eigenvalue weighted by Crippen LogP contribution is 2.41. The molecule has 0 aliphatic rings. The molecular weight excluding hydrogens is 478 g/mol. The Hall–Kier alpha value is -5.32. The van der Waals surface area contributed by atoms with Gasteiger partial charge in [-0.15, -0.1) is 10.2 Å². The lowest BCUT2D eigenvalue weighted by Gasteiger charge is -2.11. The van der Waals surface area contributed by atoms with Crippen molar-refractivity contribution < 1.29 is 24.4 Å². The molecule has 0 aliphatic heterocycles. The molecule has 0 unspecified atom stereocenters. The van der Waals surface area contributed by atoms with Crippen LogP contribution in [0.5, 0.6) is 11.5 Å². The smallest absolute Gasteiger partial charge is 0.292 e. The molecule has 4 aromatic carbocycles. The average molecular weight is 499 g/mol. The normalized spacial score (nSPS) is 10.9. The van der Waals surface area contributed by atoms with E-state index in [1.54, 1.807) is 42.5 Å². The van der Waals surface area contributed by atoms with Crippen LogP contribution in [-0.4, -0.2) is 36.0 Å². The summed E-state index contributed by atoms with van der Waals surface area (Å²) < 4.78 is 5.31. The van der Waals surface area contributed by atoms with E-state index in [0.29, 0.717) is 22.1 Å². The second kappa shape index (κ2) is 10.5. The number of aromatic hydroxyl groups is 1. The van der Waals surface area contributed by atoms with Crippen LogP contribution in [0.2, 0.25) is 0 Å². The number of methoxy groups -OCH3 is 1. The number of azo groups is 1. The zero-order valence-corrected chi connectivity index (χ0v) is 19.8. The molecule has 4 rings (SSSR count). The van der Waals surface area contributed by atoms with Gasteiger partial charge in [0, 0.05) is 24.1 Å². The van der Waals surface area contributed by atoms with E-state index in [4.69, 9.17) is 4.74 Å². The van der Waals surface area contributed by atoms with Crippen molar-refractivity contribution in [3.8, 4) is 11.5 Å². The Morgan fingerprint density at radius 2 is 1.70 bits per heavy atom. The maximum atomic E-state index is 13.1. The molecule has 0 radical (unpaired) electrons. The molecule has 0 saturated heterocycles. The minimum atomic E-state index is -0.770. The summed E-state index contributed by atoms with van der Waals surface area (Å²) >= 11 is 0. The maximum absolute atomic E-state index is 13.1. The van der Waals surface area contributed by atoms with Gasteiger partial charge in [-0.05, 0) is 35.7 Å². The van der Waals surface area contributed by atoms with Gasteiger partial charge in [-0.25, -0.2) is 0 Å². The number of hydrogen-bond acceptors (Lipinski definition) is 8. The number of carbonyl (C=O) groups excluding carboxylic acids is 2. The van der Waals surface area contributed by atoms with Gasteiger partial charge >= 0.3 is 0 Å². The Morgan fingerprint density at radius 3 is 2.43 bits per heavy atom. The predicted molar refractivity (Wildman–Crippen MR) is 137 cm³/mol. The number of rotatable bonds is 7. The maximum Gasteiger partial charge on any atom is 0.292 e. The molecule has 0 fully saturated rings. The van der Waals surface area contributed by atoms with Crippen LogP contribution in [-0.2, 0) is 0 Å². The van der Waals surface area contributed by atoms with Crippen molar-refractivity contribution in [2.24, 2.45) is 10.2 Å². The Morgan fingerprint density at radius 1 is 0.973 bits per heavy atom. The lowest BCUT2D eigenvalue weighted by molar-refractivity contribution is -0.383. The summed E-state index contributed by atoms with van der Waals surface area (Å²) in [5, 5.41) is 36.9. The molecule has 0 aliphatic carbocycles. The van der Waals surface area contributed by atoms with Crippen LogP contribution in [0, 0.1) is 10.1 Å². The number of carbonyl (C=O) groups is 2. The van der Waals surface area contributed by atoms with Crippen LogP contribution < -0.4 is 15.4 Å². The van der Waals surface area contributed by atoms with Gasteiger partial charge in [0.15, 0.2) is 5.75 Å². The minimum Gasteiger partial charge on any atom is -0.505 e. The summed E-state index contributed by atoms with van der Waals surface area (Å²) in [6, 6.07) is 18.7. The number of anilines is 1. The topological polar surface area (TPSA) is 156 Å². The molecule has 2 amide bonds. The van der Waals surface area contributed by atoms with Crippen LogP contribution in [0.3, 0.4) is 0 Å². The lowest BCUT2D eigenvalue weighted by atomic mass is 10.0. The number of phenolic OH excluding ortho intramolecular Hbond substituents is 1. The summed E-state index contributed by atoms with van der Waals surface area (Å²) in [6.07, 6.45) is 0. The minimum absolute atomic E-state index is 0.00166. The summed E-state index contributed by atoms with van der Waals surface area (Å²) in [5.74, 6) is -1.24. The van der Waals surface area contributed by atoms with Crippen molar-refractivity contribution in [1.82, 2.24) is 5.32 Å². The van der Waals surface area contributed by atoms with E-state index in [-0.39, 0.29) is 34.2 Å². The van der Waals surface area contributed by atoms with Crippen molar-refractivity contribution >= 4 is 45.3 Å². The number of hydrogen-bond donors (Lipinski definition) is 3. The predicted octanol–water partition coefficient (Wildman–Crippen LogP) is 5.49. The van der Waals surface area contributed by atoms with Crippen LogP contribution in [0.4, 0.5) is 22.7 Å². The Kier molecular flexibility index (Phi) is 7.05. The number of amides is 2.